The number of para-hydroxylation sites is 2. The predicted octanol–water partition coefficient (Wildman–Crippen LogP) is 7.34. The normalized spacial score (nSPS) is 16.2. The van der Waals surface area contributed by atoms with Crippen LogP contribution >= 0.6 is 23.8 Å². The number of ether oxygens (including phenoxy) is 1. The third-order valence-corrected chi connectivity index (χ3v) is 8.16. The van der Waals surface area contributed by atoms with Gasteiger partial charge in [-0.15, -0.1) is 0 Å². The molecule has 6 rings (SSSR count). The first-order valence-corrected chi connectivity index (χ1v) is 14.7. The first-order valence-electron chi connectivity index (χ1n) is 13.9. The number of anilines is 2. The number of benzene rings is 3. The smallest absolute Gasteiger partial charge is 0.262 e. The third-order valence-electron chi connectivity index (χ3n) is 7.52. The number of hydrogen-bond donors (Lipinski definition) is 2. The van der Waals surface area contributed by atoms with Crippen LogP contribution in [0.1, 0.15) is 34.7 Å². The Kier molecular flexibility index (Phi) is 8.13. The number of thiocarbonyl (C=S) groups is 1. The average Bonchev–Trinajstić information content (AvgIpc) is 3.52. The number of aryl methyl sites for hydroxylation is 1. The van der Waals surface area contributed by atoms with Crippen LogP contribution in [-0.4, -0.2) is 27.2 Å². The van der Waals surface area contributed by atoms with Gasteiger partial charge in [0.1, 0.15) is 5.75 Å². The standard InChI is InChI=1S/C34H30ClN5O2S/c1-22-20-27(23(2)39(22)30-14-7-6-12-28(30)35)33-32(29-13-8-9-19-36-29)38-34(43)40(33)25-17-15-24(16-18-25)37-31(41)21-42-26-10-4-3-5-11-26/h3-20,32-33H,21H2,1-2H3,(H,37,41)(H,38,43). The summed E-state index contributed by atoms with van der Waals surface area (Å²) in [4.78, 5) is 19.3. The van der Waals surface area contributed by atoms with Crippen molar-refractivity contribution in [2.24, 2.45) is 0 Å². The second kappa shape index (κ2) is 12.3. The van der Waals surface area contributed by atoms with Crippen LogP contribution in [0.5, 0.6) is 5.75 Å². The summed E-state index contributed by atoms with van der Waals surface area (Å²) in [7, 11) is 0. The number of nitrogens with zero attached hydrogens (tertiary/aromatic N) is 3. The van der Waals surface area contributed by atoms with Crippen molar-refractivity contribution in [1.82, 2.24) is 14.9 Å². The highest BCUT2D eigenvalue weighted by Crippen LogP contribution is 2.44. The van der Waals surface area contributed by atoms with Gasteiger partial charge in [0.05, 0.1) is 28.5 Å². The Morgan fingerprint density at radius 2 is 1.70 bits per heavy atom. The van der Waals surface area contributed by atoms with Gasteiger partial charge in [-0.2, -0.15) is 0 Å². The van der Waals surface area contributed by atoms with Crippen molar-refractivity contribution in [2.45, 2.75) is 25.9 Å². The Hall–Kier alpha value is -4.66. The van der Waals surface area contributed by atoms with E-state index in [2.05, 4.69) is 45.0 Å². The zero-order valence-corrected chi connectivity index (χ0v) is 25.3. The molecule has 1 saturated heterocycles. The van der Waals surface area contributed by atoms with E-state index in [-0.39, 0.29) is 24.6 Å². The maximum Gasteiger partial charge on any atom is 0.262 e. The molecule has 1 aliphatic rings. The minimum Gasteiger partial charge on any atom is -0.484 e. The van der Waals surface area contributed by atoms with E-state index >= 15 is 0 Å². The topological polar surface area (TPSA) is 71.4 Å². The van der Waals surface area contributed by atoms with Crippen LogP contribution in [0.2, 0.25) is 5.02 Å². The number of nitrogens with one attached hydrogen (secondary N) is 2. The highest BCUT2D eigenvalue weighted by atomic mass is 35.5. The van der Waals surface area contributed by atoms with Gasteiger partial charge in [0, 0.05) is 29.0 Å². The van der Waals surface area contributed by atoms with Gasteiger partial charge in [0.25, 0.3) is 5.91 Å². The van der Waals surface area contributed by atoms with Gasteiger partial charge in [-0.1, -0.05) is 48.0 Å². The second-order valence-corrected chi connectivity index (χ2v) is 11.1. The van der Waals surface area contributed by atoms with Crippen molar-refractivity contribution in [3.8, 4) is 11.4 Å². The maximum absolute atomic E-state index is 12.5. The SMILES string of the molecule is Cc1cc(C2C(c3ccccn3)NC(=S)N2c2ccc(NC(=O)COc3ccccc3)cc2)c(C)n1-c1ccccc1Cl. The fraction of sp³-hybridized carbons (Fsp3) is 0.147. The van der Waals surface area contributed by atoms with E-state index in [0.717, 1.165) is 34.0 Å². The summed E-state index contributed by atoms with van der Waals surface area (Å²) < 4.78 is 7.76. The Bertz CT molecular complexity index is 1760. The Morgan fingerprint density at radius 3 is 2.42 bits per heavy atom. The molecule has 1 amide bonds. The summed E-state index contributed by atoms with van der Waals surface area (Å²) in [5, 5.41) is 7.71. The number of aromatic nitrogens is 2. The van der Waals surface area contributed by atoms with Crippen LogP contribution in [0.25, 0.3) is 5.69 Å². The molecule has 2 aromatic heterocycles. The van der Waals surface area contributed by atoms with E-state index in [0.29, 0.717) is 21.6 Å². The van der Waals surface area contributed by atoms with Crippen molar-refractivity contribution in [1.29, 1.82) is 0 Å². The van der Waals surface area contributed by atoms with Crippen LogP contribution in [0, 0.1) is 13.8 Å². The molecular weight excluding hydrogens is 578 g/mol. The van der Waals surface area contributed by atoms with Crippen molar-refractivity contribution in [2.75, 3.05) is 16.8 Å². The van der Waals surface area contributed by atoms with Crippen LogP contribution < -0.4 is 20.3 Å². The van der Waals surface area contributed by atoms with Crippen molar-refractivity contribution >= 4 is 46.2 Å². The van der Waals surface area contributed by atoms with Crippen molar-refractivity contribution in [3.05, 3.63) is 137 Å². The summed E-state index contributed by atoms with van der Waals surface area (Å²) in [6, 6.07) is 32.5. The number of halogens is 1. The van der Waals surface area contributed by atoms with Gasteiger partial charge in [-0.25, -0.2) is 0 Å². The largest absolute Gasteiger partial charge is 0.484 e. The van der Waals surface area contributed by atoms with Gasteiger partial charge >= 0.3 is 0 Å². The lowest BCUT2D eigenvalue weighted by Crippen LogP contribution is -2.29. The summed E-state index contributed by atoms with van der Waals surface area (Å²) in [6.45, 7) is 4.11. The molecule has 216 valence electrons. The molecule has 9 heteroatoms. The van der Waals surface area contributed by atoms with E-state index in [1.807, 2.05) is 97.1 Å². The molecule has 1 fully saturated rings. The van der Waals surface area contributed by atoms with Crippen molar-refractivity contribution in [3.63, 3.8) is 0 Å². The molecule has 0 saturated carbocycles. The lowest BCUT2D eigenvalue weighted by molar-refractivity contribution is -0.118. The summed E-state index contributed by atoms with van der Waals surface area (Å²) in [5.41, 5.74) is 6.61. The van der Waals surface area contributed by atoms with E-state index in [1.165, 1.54) is 0 Å². The number of amides is 1. The highest BCUT2D eigenvalue weighted by Gasteiger charge is 2.42. The fourth-order valence-electron chi connectivity index (χ4n) is 5.61. The Balaban J connectivity index is 1.31. The number of carbonyl (C=O) groups excluding carboxylic acids is 1. The molecule has 2 atom stereocenters. The molecule has 7 nitrogen and oxygen atoms in total. The predicted molar refractivity (Wildman–Crippen MR) is 175 cm³/mol. The van der Waals surface area contributed by atoms with Gasteiger partial charge in [-0.05, 0) is 98.4 Å². The van der Waals surface area contributed by atoms with Crippen LogP contribution in [0.3, 0.4) is 0 Å². The van der Waals surface area contributed by atoms with Crippen LogP contribution in [0.4, 0.5) is 11.4 Å². The second-order valence-electron chi connectivity index (χ2n) is 10.3. The summed E-state index contributed by atoms with van der Waals surface area (Å²) >= 11 is 12.6. The highest BCUT2D eigenvalue weighted by molar-refractivity contribution is 7.80. The molecule has 0 spiro atoms. The average molecular weight is 608 g/mol. The molecule has 1 aliphatic heterocycles. The molecule has 0 radical (unpaired) electrons. The van der Waals surface area contributed by atoms with E-state index in [4.69, 9.17) is 28.6 Å². The molecule has 3 heterocycles. The number of carbonyl (C=O) groups is 1. The molecule has 2 unspecified atom stereocenters. The Labute approximate surface area is 261 Å². The van der Waals surface area contributed by atoms with Gasteiger partial charge in [0.15, 0.2) is 11.7 Å². The molecule has 5 aromatic rings. The number of pyridine rings is 1. The summed E-state index contributed by atoms with van der Waals surface area (Å²) in [5.74, 6) is 0.403. The lowest BCUT2D eigenvalue weighted by Gasteiger charge is -2.28. The van der Waals surface area contributed by atoms with E-state index in [1.54, 1.807) is 6.20 Å². The number of hydrogen-bond acceptors (Lipinski definition) is 4. The zero-order valence-electron chi connectivity index (χ0n) is 23.7. The quantitative estimate of drug-likeness (QED) is 0.180. The fourth-order valence-corrected chi connectivity index (χ4v) is 6.17. The minimum atomic E-state index is -0.241. The monoisotopic (exact) mass is 607 g/mol. The van der Waals surface area contributed by atoms with E-state index < -0.39 is 0 Å². The molecule has 43 heavy (non-hydrogen) atoms. The van der Waals surface area contributed by atoms with Gasteiger partial charge < -0.3 is 24.8 Å². The van der Waals surface area contributed by atoms with Gasteiger partial charge in [-0.3, -0.25) is 9.78 Å². The minimum absolute atomic E-state index is 0.0826. The van der Waals surface area contributed by atoms with Crippen molar-refractivity contribution < 1.29 is 9.53 Å². The third kappa shape index (κ3) is 5.84. The molecule has 2 N–H and O–H groups in total. The molecule has 3 aromatic carbocycles. The molecule has 0 bridgehead atoms. The van der Waals surface area contributed by atoms with Crippen LogP contribution in [0.15, 0.2) is 109 Å². The molecular formula is C34H30ClN5O2S. The first-order chi connectivity index (χ1) is 20.9. The zero-order chi connectivity index (χ0) is 29.9. The van der Waals surface area contributed by atoms with E-state index in [9.17, 15) is 4.79 Å². The molecule has 0 aliphatic carbocycles. The maximum atomic E-state index is 12.5. The number of rotatable bonds is 8. The Morgan fingerprint density at radius 1 is 0.977 bits per heavy atom. The summed E-state index contributed by atoms with van der Waals surface area (Å²) in [6.07, 6.45) is 1.80. The first kappa shape index (κ1) is 28.5. The lowest BCUT2D eigenvalue weighted by atomic mass is 9.96. The van der Waals surface area contributed by atoms with Crippen LogP contribution in [-0.2, 0) is 4.79 Å². The van der Waals surface area contributed by atoms with Gasteiger partial charge in [0.2, 0.25) is 0 Å².